The lowest BCUT2D eigenvalue weighted by atomic mass is 9.33. The number of fused-ring (bicyclic) bond motifs is 16. The summed E-state index contributed by atoms with van der Waals surface area (Å²) in [4.78, 5) is 7.78. The Morgan fingerprint density at radius 2 is 0.937 bits per heavy atom. The first-order chi connectivity index (χ1) is 38.3. The van der Waals surface area contributed by atoms with Crippen LogP contribution >= 0.6 is 0 Å². The lowest BCUT2D eigenvalue weighted by Crippen LogP contribution is -2.60. The summed E-state index contributed by atoms with van der Waals surface area (Å²) >= 11 is 0. The van der Waals surface area contributed by atoms with Crippen LogP contribution in [-0.4, -0.2) is 25.4 Å². The molecule has 378 valence electrons. The maximum atomic E-state index is 5.19. The molecule has 0 radical (unpaired) electrons. The summed E-state index contributed by atoms with van der Waals surface area (Å²) in [5.41, 5.74) is 22.9. The third kappa shape index (κ3) is 6.43. The third-order valence-electron chi connectivity index (χ3n) is 18.0. The Kier molecular flexibility index (Phi) is 9.45. The zero-order valence-corrected chi connectivity index (χ0v) is 45.9. The fraction of sp³-hybridized carbons (Fsp3) is 0.137. The van der Waals surface area contributed by atoms with Gasteiger partial charge in [-0.15, -0.1) is 0 Å². The zero-order chi connectivity index (χ0) is 53.4. The first kappa shape index (κ1) is 46.0. The number of hydrogen-bond acceptors (Lipinski definition) is 2. The van der Waals surface area contributed by atoms with Crippen molar-refractivity contribution in [1.82, 2.24) is 18.7 Å². The van der Waals surface area contributed by atoms with E-state index in [0.717, 1.165) is 39.1 Å². The third-order valence-corrected chi connectivity index (χ3v) is 18.0. The van der Waals surface area contributed by atoms with Gasteiger partial charge in [-0.1, -0.05) is 175 Å². The van der Waals surface area contributed by atoms with Gasteiger partial charge in [-0.05, 0) is 119 Å². The molecule has 4 aromatic heterocycles. The van der Waals surface area contributed by atoms with Crippen LogP contribution in [0, 0.1) is 0 Å². The molecule has 0 bridgehead atoms. The van der Waals surface area contributed by atoms with Crippen LogP contribution in [0.4, 0.5) is 17.1 Å². The van der Waals surface area contributed by atoms with Crippen LogP contribution in [0.15, 0.2) is 207 Å². The zero-order valence-electron chi connectivity index (χ0n) is 45.9. The van der Waals surface area contributed by atoms with Crippen molar-refractivity contribution >= 4 is 116 Å². The highest BCUT2D eigenvalue weighted by Gasteiger charge is 2.43. The van der Waals surface area contributed by atoms with Gasteiger partial charge in [0.15, 0.2) is 0 Å². The molecule has 6 heterocycles. The lowest BCUT2D eigenvalue weighted by Gasteiger charge is -2.41. The molecule has 0 fully saturated rings. The summed E-state index contributed by atoms with van der Waals surface area (Å²) in [5.74, 6) is 0. The van der Waals surface area contributed by atoms with E-state index in [-0.39, 0.29) is 17.5 Å². The van der Waals surface area contributed by atoms with Crippen LogP contribution in [0.1, 0.15) is 52.7 Å². The average molecular weight is 1020 g/mol. The molecule has 2 aliphatic rings. The predicted octanol–water partition coefficient (Wildman–Crippen LogP) is 16.8. The smallest absolute Gasteiger partial charge is 0.252 e. The molecule has 0 saturated carbocycles. The van der Waals surface area contributed by atoms with Crippen molar-refractivity contribution in [3.63, 3.8) is 0 Å². The van der Waals surface area contributed by atoms with Crippen molar-refractivity contribution in [3.05, 3.63) is 218 Å². The number of hydrogen-bond donors (Lipinski definition) is 0. The second kappa shape index (κ2) is 16.2. The number of pyridine rings is 1. The van der Waals surface area contributed by atoms with E-state index in [1.807, 2.05) is 0 Å². The van der Waals surface area contributed by atoms with E-state index in [4.69, 9.17) is 4.98 Å². The topological polar surface area (TPSA) is 30.9 Å². The van der Waals surface area contributed by atoms with Gasteiger partial charge in [0.1, 0.15) is 0 Å². The molecule has 0 N–H and O–H groups in total. The van der Waals surface area contributed by atoms with Gasteiger partial charge in [0.25, 0.3) is 6.71 Å². The minimum absolute atomic E-state index is 0.00611. The molecule has 14 aromatic rings. The molecule has 0 saturated heterocycles. The molecule has 6 heteroatoms. The maximum Gasteiger partial charge on any atom is 0.252 e. The van der Waals surface area contributed by atoms with E-state index in [1.165, 1.54) is 121 Å². The Hall–Kier alpha value is -9.13. The first-order valence-electron chi connectivity index (χ1n) is 27.9. The van der Waals surface area contributed by atoms with Crippen LogP contribution in [0.5, 0.6) is 0 Å². The van der Waals surface area contributed by atoms with E-state index in [1.54, 1.807) is 0 Å². The van der Waals surface area contributed by atoms with E-state index in [9.17, 15) is 0 Å². The largest absolute Gasteiger partial charge is 0.350 e. The first-order valence-corrected chi connectivity index (χ1v) is 27.9. The Morgan fingerprint density at radius 1 is 0.405 bits per heavy atom. The number of benzene rings is 10. The quantitative estimate of drug-likeness (QED) is 0.130. The number of aromatic nitrogens is 4. The summed E-state index contributed by atoms with van der Waals surface area (Å²) in [7, 11) is 4.33. The number of anilines is 3. The highest BCUT2D eigenvalue weighted by atomic mass is 15.2. The normalized spacial score (nSPS) is 13.3. The summed E-state index contributed by atoms with van der Waals surface area (Å²) in [6.45, 7) is 13.9. The molecule has 0 spiro atoms. The van der Waals surface area contributed by atoms with Gasteiger partial charge in [-0.3, -0.25) is 4.98 Å². The number of nitrogens with zero attached hydrogens (tertiary/aromatic N) is 5. The predicted molar refractivity (Wildman–Crippen MR) is 337 cm³/mol. The molecular formula is C73H58BN5. The molecule has 0 atom stereocenters. The summed E-state index contributed by atoms with van der Waals surface area (Å²) in [6, 6.07) is 69.5. The number of rotatable bonds is 4. The minimum Gasteiger partial charge on any atom is -0.350 e. The minimum atomic E-state index is -0.0726. The fourth-order valence-corrected chi connectivity index (χ4v) is 14.2. The van der Waals surface area contributed by atoms with Crippen LogP contribution in [-0.2, 0) is 24.9 Å². The summed E-state index contributed by atoms with van der Waals surface area (Å²) in [5, 5.41) is 12.7. The molecule has 79 heavy (non-hydrogen) atoms. The van der Waals surface area contributed by atoms with Gasteiger partial charge >= 0.3 is 0 Å². The van der Waals surface area contributed by atoms with Crippen molar-refractivity contribution in [2.75, 3.05) is 4.90 Å². The second-order valence-corrected chi connectivity index (χ2v) is 24.5. The highest BCUT2D eigenvalue weighted by molar-refractivity contribution is 7.00. The molecule has 0 amide bonds. The van der Waals surface area contributed by atoms with E-state index < -0.39 is 0 Å². The molecule has 5 nitrogen and oxygen atoms in total. The highest BCUT2D eigenvalue weighted by Crippen LogP contribution is 2.50. The van der Waals surface area contributed by atoms with Crippen LogP contribution < -0.4 is 21.3 Å². The fourth-order valence-electron chi connectivity index (χ4n) is 14.2. The van der Waals surface area contributed by atoms with Gasteiger partial charge < -0.3 is 18.6 Å². The Labute approximate surface area is 460 Å². The molecular weight excluding hydrogens is 958 g/mol. The van der Waals surface area contributed by atoms with Gasteiger partial charge in [-0.2, -0.15) is 0 Å². The molecule has 16 rings (SSSR count). The van der Waals surface area contributed by atoms with Gasteiger partial charge in [0, 0.05) is 133 Å². The average Bonchev–Trinajstić information content (AvgIpc) is 3.38. The van der Waals surface area contributed by atoms with E-state index in [2.05, 4.69) is 281 Å². The Bertz CT molecular complexity index is 4820. The second-order valence-electron chi connectivity index (χ2n) is 24.5. The van der Waals surface area contributed by atoms with Gasteiger partial charge in [0.05, 0.1) is 5.52 Å². The lowest BCUT2D eigenvalue weighted by molar-refractivity contribution is 0.590. The van der Waals surface area contributed by atoms with E-state index in [0.29, 0.717) is 0 Å². The SMILES string of the molecule is Cn1cc(-c2cncc(-c3cn(C)c4ccccc34)c2-c2cc3c4c(c2)-n2c5ccc6c7ccccc7c7ccccc7c6c5c5cccc(c52)B4c2cc(C(C)(C)C)ccc2N3c2ccc(C(C)(C)C)cc2)c2ccccc21. The van der Waals surface area contributed by atoms with Gasteiger partial charge in [0.2, 0.25) is 0 Å². The summed E-state index contributed by atoms with van der Waals surface area (Å²) in [6.07, 6.45) is 8.85. The van der Waals surface area contributed by atoms with Crippen molar-refractivity contribution < 1.29 is 0 Å². The van der Waals surface area contributed by atoms with Crippen molar-refractivity contribution in [1.29, 1.82) is 0 Å². The molecule has 0 aliphatic carbocycles. The van der Waals surface area contributed by atoms with Crippen LogP contribution in [0.2, 0.25) is 0 Å². The summed E-state index contributed by atoms with van der Waals surface area (Å²) < 4.78 is 7.20. The molecule has 0 unspecified atom stereocenters. The monoisotopic (exact) mass is 1020 g/mol. The van der Waals surface area contributed by atoms with E-state index >= 15 is 0 Å². The Balaban J connectivity index is 1.10. The number of aryl methyl sites for hydroxylation is 2. The number of para-hydroxylation sites is 3. The standard InChI is InChI=1S/C73H58BN5/c1-72(2,3)44-28-31-46(32-29-44)78-63-34-30-45(73(4,5)6)38-60(63)74-59-25-17-24-54-69-64(35-33-53-49-20-10-9-18-47(49)48-19-11-12-23-52(48)68(53)69)79(71(54)59)66-37-43(36-65(78)70(66)74)67-55(57-41-76(7)61-26-15-13-21-50(57)61)39-75-40-56(67)58-42-77(8)62-27-16-14-22-51(58)62/h9-42H,1-8H3. The molecule has 2 aliphatic heterocycles. The molecule has 10 aromatic carbocycles. The van der Waals surface area contributed by atoms with Crippen LogP contribution in [0.25, 0.3) is 115 Å². The van der Waals surface area contributed by atoms with Crippen molar-refractivity contribution in [2.24, 2.45) is 14.1 Å². The van der Waals surface area contributed by atoms with Crippen molar-refractivity contribution in [3.8, 4) is 39.1 Å². The van der Waals surface area contributed by atoms with Crippen molar-refractivity contribution in [2.45, 2.75) is 52.4 Å². The van der Waals surface area contributed by atoms with Gasteiger partial charge in [-0.25, -0.2) is 0 Å². The maximum absolute atomic E-state index is 5.19. The Morgan fingerprint density at radius 3 is 1.56 bits per heavy atom. The van der Waals surface area contributed by atoms with Crippen LogP contribution in [0.3, 0.4) is 0 Å².